The predicted octanol–water partition coefficient (Wildman–Crippen LogP) is -2.05. The molecule has 1 aromatic rings. The average molecular weight is 309 g/mol. The molecule has 0 unspecified atom stereocenters. The highest BCUT2D eigenvalue weighted by Gasteiger charge is 2.18. The van der Waals surface area contributed by atoms with Gasteiger partial charge in [-0.3, -0.25) is 23.6 Å². The molecular formula is C14H23N5O3. The maximum atomic E-state index is 12.2. The Bertz CT molecular complexity index is 657. The molecule has 1 aliphatic rings. The van der Waals surface area contributed by atoms with Crippen LogP contribution in [0.4, 0.5) is 0 Å². The summed E-state index contributed by atoms with van der Waals surface area (Å²) < 4.78 is 2.50. The summed E-state index contributed by atoms with van der Waals surface area (Å²) in [5.41, 5.74) is -0.0898. The molecule has 8 heteroatoms. The highest BCUT2D eigenvalue weighted by molar-refractivity contribution is 5.78. The molecule has 0 atom stereocenters. The molecule has 1 amide bonds. The van der Waals surface area contributed by atoms with Crippen molar-refractivity contribution in [2.24, 2.45) is 14.1 Å². The Balaban J connectivity index is 2.03. The molecule has 1 fully saturated rings. The van der Waals surface area contributed by atoms with Gasteiger partial charge in [0.05, 0.1) is 6.54 Å². The number of nitrogens with zero attached hydrogens (tertiary/aromatic N) is 4. The summed E-state index contributed by atoms with van der Waals surface area (Å²) in [4.78, 5) is 39.4. The van der Waals surface area contributed by atoms with Crippen molar-refractivity contribution in [3.63, 3.8) is 0 Å². The normalized spacial score (nSPS) is 15.4. The highest BCUT2D eigenvalue weighted by Crippen LogP contribution is 2.00. The van der Waals surface area contributed by atoms with Crippen LogP contribution in [0.25, 0.3) is 0 Å². The molecule has 2 rings (SSSR count). The van der Waals surface area contributed by atoms with E-state index in [1.807, 2.05) is 16.8 Å². The first kappa shape index (κ1) is 16.4. The van der Waals surface area contributed by atoms with Crippen molar-refractivity contribution in [1.29, 1.82) is 0 Å². The van der Waals surface area contributed by atoms with Crippen LogP contribution in [0.5, 0.6) is 0 Å². The van der Waals surface area contributed by atoms with E-state index in [1.165, 1.54) is 17.7 Å². The molecule has 122 valence electrons. The zero-order valence-electron chi connectivity index (χ0n) is 13.3. The minimum Gasteiger partial charge on any atom is -0.339 e. The topological polar surface area (TPSA) is 79.6 Å². The first-order valence-corrected chi connectivity index (χ1v) is 7.33. The Morgan fingerprint density at radius 3 is 2.50 bits per heavy atom. The van der Waals surface area contributed by atoms with Crippen molar-refractivity contribution in [2.75, 3.05) is 39.8 Å². The zero-order valence-corrected chi connectivity index (χ0v) is 13.3. The van der Waals surface area contributed by atoms with E-state index in [0.29, 0.717) is 12.2 Å². The fourth-order valence-electron chi connectivity index (χ4n) is 2.51. The summed E-state index contributed by atoms with van der Waals surface area (Å²) in [6, 6.07) is 1.44. The Morgan fingerprint density at radius 2 is 1.86 bits per heavy atom. The molecule has 0 aliphatic carbocycles. The van der Waals surface area contributed by atoms with Crippen LogP contribution in [0.15, 0.2) is 15.7 Å². The lowest BCUT2D eigenvalue weighted by Gasteiger charge is -2.29. The van der Waals surface area contributed by atoms with Crippen molar-refractivity contribution in [1.82, 2.24) is 24.3 Å². The fourth-order valence-corrected chi connectivity index (χ4v) is 2.51. The van der Waals surface area contributed by atoms with Crippen LogP contribution in [-0.2, 0) is 25.4 Å². The second-order valence-corrected chi connectivity index (χ2v) is 5.68. The Labute approximate surface area is 128 Å². The third-order valence-corrected chi connectivity index (χ3v) is 3.93. The number of carbonyl (C=O) groups is 1. The largest absolute Gasteiger partial charge is 0.339 e. The van der Waals surface area contributed by atoms with Gasteiger partial charge < -0.3 is 10.2 Å². The monoisotopic (exact) mass is 309 g/mol. The van der Waals surface area contributed by atoms with Gasteiger partial charge in [-0.2, -0.15) is 0 Å². The molecule has 1 N–H and O–H groups in total. The molecule has 0 aromatic carbocycles. The third kappa shape index (κ3) is 3.63. The first-order valence-electron chi connectivity index (χ1n) is 7.33. The van der Waals surface area contributed by atoms with Crippen LogP contribution in [-0.4, -0.2) is 64.6 Å². The standard InChI is InChI=1S/C14H23N5O3/c1-16(10-13(21)19-6-4-15-5-7-19)9-11-8-12(20)18(3)14(22)17(11)2/h8,15H,4-7,9-10H2,1-3H3. The molecular weight excluding hydrogens is 286 g/mol. The number of nitrogens with one attached hydrogen (secondary N) is 1. The molecule has 22 heavy (non-hydrogen) atoms. The molecule has 0 saturated carbocycles. The number of hydrogen-bond acceptors (Lipinski definition) is 5. The lowest BCUT2D eigenvalue weighted by molar-refractivity contribution is -0.132. The number of aromatic nitrogens is 2. The number of amides is 1. The van der Waals surface area contributed by atoms with Gasteiger partial charge in [0.15, 0.2) is 0 Å². The minimum absolute atomic E-state index is 0.0674. The summed E-state index contributed by atoms with van der Waals surface area (Å²) >= 11 is 0. The van der Waals surface area contributed by atoms with Crippen molar-refractivity contribution in [3.8, 4) is 0 Å². The second-order valence-electron chi connectivity index (χ2n) is 5.68. The van der Waals surface area contributed by atoms with E-state index in [4.69, 9.17) is 0 Å². The molecule has 0 spiro atoms. The van der Waals surface area contributed by atoms with Gasteiger partial charge in [0, 0.05) is 58.6 Å². The molecule has 1 aromatic heterocycles. The predicted molar refractivity (Wildman–Crippen MR) is 82.7 cm³/mol. The van der Waals surface area contributed by atoms with E-state index < -0.39 is 0 Å². The SMILES string of the molecule is CN(CC(=O)N1CCNCC1)Cc1cc(=O)n(C)c(=O)n1C. The molecule has 2 heterocycles. The van der Waals surface area contributed by atoms with Gasteiger partial charge in [-0.15, -0.1) is 0 Å². The second kappa shape index (κ2) is 6.89. The number of hydrogen-bond donors (Lipinski definition) is 1. The van der Waals surface area contributed by atoms with Gasteiger partial charge in [0.25, 0.3) is 5.56 Å². The molecule has 0 radical (unpaired) electrons. The van der Waals surface area contributed by atoms with Gasteiger partial charge in [-0.25, -0.2) is 4.79 Å². The summed E-state index contributed by atoms with van der Waals surface area (Å²) in [6.45, 7) is 3.72. The van der Waals surface area contributed by atoms with Crippen molar-refractivity contribution in [3.05, 3.63) is 32.6 Å². The average Bonchev–Trinajstić information content (AvgIpc) is 2.51. The summed E-state index contributed by atoms with van der Waals surface area (Å²) in [6.07, 6.45) is 0. The van der Waals surface area contributed by atoms with E-state index in [0.717, 1.165) is 30.7 Å². The van der Waals surface area contributed by atoms with Crippen LogP contribution in [0.2, 0.25) is 0 Å². The highest BCUT2D eigenvalue weighted by atomic mass is 16.2. The molecule has 8 nitrogen and oxygen atoms in total. The quantitative estimate of drug-likeness (QED) is 0.692. The van der Waals surface area contributed by atoms with Crippen LogP contribution in [0.1, 0.15) is 5.69 Å². The Hall–Kier alpha value is -1.93. The van der Waals surface area contributed by atoms with Crippen LogP contribution >= 0.6 is 0 Å². The van der Waals surface area contributed by atoms with Gasteiger partial charge in [0.1, 0.15) is 0 Å². The van der Waals surface area contributed by atoms with Crippen LogP contribution in [0, 0.1) is 0 Å². The van der Waals surface area contributed by atoms with Crippen LogP contribution in [0.3, 0.4) is 0 Å². The smallest absolute Gasteiger partial charge is 0.330 e. The Kier molecular flexibility index (Phi) is 5.15. The van der Waals surface area contributed by atoms with Gasteiger partial charge in [-0.1, -0.05) is 0 Å². The number of rotatable bonds is 4. The maximum Gasteiger partial charge on any atom is 0.330 e. The van der Waals surface area contributed by atoms with E-state index in [2.05, 4.69) is 5.32 Å². The van der Waals surface area contributed by atoms with E-state index in [9.17, 15) is 14.4 Å². The van der Waals surface area contributed by atoms with Gasteiger partial charge in [-0.05, 0) is 7.05 Å². The minimum atomic E-state index is -0.357. The summed E-state index contributed by atoms with van der Waals surface area (Å²) in [7, 11) is 4.89. The van der Waals surface area contributed by atoms with Gasteiger partial charge >= 0.3 is 5.69 Å². The molecule has 0 bridgehead atoms. The Morgan fingerprint density at radius 1 is 1.23 bits per heavy atom. The van der Waals surface area contributed by atoms with Crippen molar-refractivity contribution >= 4 is 5.91 Å². The van der Waals surface area contributed by atoms with Crippen molar-refractivity contribution < 1.29 is 4.79 Å². The lowest BCUT2D eigenvalue weighted by atomic mass is 10.3. The number of piperazine rings is 1. The molecule has 1 aliphatic heterocycles. The van der Waals surface area contributed by atoms with Crippen molar-refractivity contribution in [2.45, 2.75) is 6.54 Å². The lowest BCUT2D eigenvalue weighted by Crippen LogP contribution is -2.49. The molecule has 1 saturated heterocycles. The maximum absolute atomic E-state index is 12.2. The number of likely N-dealkylation sites (N-methyl/N-ethyl adjacent to an activating group) is 1. The fraction of sp³-hybridized carbons (Fsp3) is 0.643. The summed E-state index contributed by atoms with van der Waals surface area (Å²) in [5, 5.41) is 3.21. The van der Waals surface area contributed by atoms with E-state index >= 15 is 0 Å². The summed E-state index contributed by atoms with van der Waals surface area (Å²) in [5.74, 6) is 0.0674. The van der Waals surface area contributed by atoms with E-state index in [-0.39, 0.29) is 23.7 Å². The number of carbonyl (C=O) groups excluding carboxylic acids is 1. The first-order chi connectivity index (χ1) is 10.4. The zero-order chi connectivity index (χ0) is 16.3. The van der Waals surface area contributed by atoms with Crippen LogP contribution < -0.4 is 16.6 Å². The van der Waals surface area contributed by atoms with Gasteiger partial charge in [0.2, 0.25) is 5.91 Å². The third-order valence-electron chi connectivity index (χ3n) is 3.93. The van der Waals surface area contributed by atoms with E-state index in [1.54, 1.807) is 7.05 Å².